The number of carbonyl (C=O) groups excluding carboxylic acids is 1. The predicted molar refractivity (Wildman–Crippen MR) is 94.5 cm³/mol. The van der Waals surface area contributed by atoms with Gasteiger partial charge in [0, 0.05) is 0 Å². The number of halogens is 1. The number of para-hydroxylation sites is 1. The molecule has 0 saturated carbocycles. The Kier molecular flexibility index (Phi) is 3.93. The molecule has 1 amide bonds. The molecule has 1 saturated heterocycles. The summed E-state index contributed by atoms with van der Waals surface area (Å²) in [5.41, 5.74) is 2.00. The third-order valence-corrected chi connectivity index (χ3v) is 4.68. The van der Waals surface area contributed by atoms with Crippen LogP contribution in [0.15, 0.2) is 46.3 Å². The van der Waals surface area contributed by atoms with Crippen LogP contribution >= 0.6 is 11.8 Å². The number of rotatable bonds is 2. The molecule has 0 spiro atoms. The Morgan fingerprint density at radius 1 is 1.24 bits per heavy atom. The van der Waals surface area contributed by atoms with Crippen molar-refractivity contribution in [1.82, 2.24) is 5.32 Å². The molecule has 2 aliphatic heterocycles. The molecule has 0 aromatic heterocycles. The molecule has 2 aromatic rings. The second-order valence-corrected chi connectivity index (χ2v) is 6.53. The summed E-state index contributed by atoms with van der Waals surface area (Å²) in [5.74, 6) is 0.650. The van der Waals surface area contributed by atoms with Gasteiger partial charge in [0.25, 0.3) is 5.91 Å². The molecule has 5 nitrogen and oxygen atoms in total. The summed E-state index contributed by atoms with van der Waals surface area (Å²) in [4.78, 5) is 16.8. The van der Waals surface area contributed by atoms with E-state index in [0.717, 1.165) is 11.1 Å². The van der Waals surface area contributed by atoms with Crippen molar-refractivity contribution in [1.29, 1.82) is 0 Å². The van der Waals surface area contributed by atoms with E-state index in [1.165, 1.54) is 17.8 Å². The summed E-state index contributed by atoms with van der Waals surface area (Å²) in [5, 5.41) is 3.00. The number of amides is 1. The first-order valence-electron chi connectivity index (χ1n) is 7.54. The zero-order valence-corrected chi connectivity index (χ0v) is 14.0. The Balaban J connectivity index is 1.63. The van der Waals surface area contributed by atoms with E-state index in [0.29, 0.717) is 21.6 Å². The number of amidine groups is 1. The molecule has 4 rings (SSSR count). The second-order valence-electron chi connectivity index (χ2n) is 5.50. The van der Waals surface area contributed by atoms with Gasteiger partial charge in [0.05, 0.1) is 4.91 Å². The van der Waals surface area contributed by atoms with E-state index in [2.05, 4.69) is 10.3 Å². The minimum atomic E-state index is -0.436. The number of aliphatic imine (C=N–C) groups is 1. The molecule has 2 aromatic carbocycles. The zero-order valence-electron chi connectivity index (χ0n) is 13.2. The molecule has 25 heavy (non-hydrogen) atoms. The van der Waals surface area contributed by atoms with Gasteiger partial charge >= 0.3 is 0 Å². The van der Waals surface area contributed by atoms with Gasteiger partial charge in [-0.1, -0.05) is 12.1 Å². The fraction of sp³-hybridized carbons (Fsp3) is 0.111. The number of nitrogens with one attached hydrogen (secondary N) is 1. The number of hydrogen-bond acceptors (Lipinski definition) is 5. The first kappa shape index (κ1) is 15.7. The molecule has 7 heteroatoms. The molecule has 0 unspecified atom stereocenters. The number of thioether (sulfide) groups is 1. The highest BCUT2D eigenvalue weighted by Gasteiger charge is 2.25. The summed E-state index contributed by atoms with van der Waals surface area (Å²) in [6.07, 6.45) is 1.77. The second kappa shape index (κ2) is 6.25. The molecule has 0 bridgehead atoms. The Bertz CT molecular complexity index is 940. The smallest absolute Gasteiger partial charge is 0.264 e. The third kappa shape index (κ3) is 3.10. The van der Waals surface area contributed by atoms with Crippen molar-refractivity contribution in [2.45, 2.75) is 6.92 Å². The Labute approximate surface area is 147 Å². The van der Waals surface area contributed by atoms with Crippen molar-refractivity contribution < 1.29 is 18.7 Å². The molecule has 0 atom stereocenters. The molecule has 0 aliphatic carbocycles. The number of fused-ring (bicyclic) bond motifs is 1. The summed E-state index contributed by atoms with van der Waals surface area (Å²) in [7, 11) is 0. The van der Waals surface area contributed by atoms with E-state index >= 15 is 0 Å². The fourth-order valence-corrected chi connectivity index (χ4v) is 3.31. The van der Waals surface area contributed by atoms with E-state index in [1.807, 2.05) is 19.1 Å². The minimum Gasteiger partial charge on any atom is -0.454 e. The van der Waals surface area contributed by atoms with E-state index < -0.39 is 5.82 Å². The molecule has 2 aliphatic rings. The van der Waals surface area contributed by atoms with E-state index in [9.17, 15) is 9.18 Å². The Morgan fingerprint density at radius 3 is 2.80 bits per heavy atom. The molecule has 1 fully saturated rings. The van der Waals surface area contributed by atoms with E-state index in [1.54, 1.807) is 24.3 Å². The predicted octanol–water partition coefficient (Wildman–Crippen LogP) is 3.75. The quantitative estimate of drug-likeness (QED) is 0.833. The monoisotopic (exact) mass is 356 g/mol. The van der Waals surface area contributed by atoms with Crippen LogP contribution in [-0.4, -0.2) is 17.9 Å². The van der Waals surface area contributed by atoms with Crippen LogP contribution < -0.4 is 14.8 Å². The van der Waals surface area contributed by atoms with E-state index in [-0.39, 0.29) is 18.4 Å². The van der Waals surface area contributed by atoms with Crippen LogP contribution in [0.3, 0.4) is 0 Å². The number of carbonyl (C=O) groups is 1. The van der Waals surface area contributed by atoms with Gasteiger partial charge in [0.15, 0.2) is 16.7 Å². The highest BCUT2D eigenvalue weighted by molar-refractivity contribution is 8.18. The molecular weight excluding hydrogens is 343 g/mol. The average molecular weight is 356 g/mol. The number of aryl methyl sites for hydroxylation is 1. The maximum Gasteiger partial charge on any atom is 0.264 e. The Morgan fingerprint density at radius 2 is 2.00 bits per heavy atom. The van der Waals surface area contributed by atoms with Crippen molar-refractivity contribution in [3.05, 3.63) is 58.2 Å². The van der Waals surface area contributed by atoms with Gasteiger partial charge < -0.3 is 14.8 Å². The molecule has 1 N–H and O–H groups in total. The van der Waals surface area contributed by atoms with Crippen molar-refractivity contribution >= 4 is 34.6 Å². The molecule has 126 valence electrons. The van der Waals surface area contributed by atoms with Crippen LogP contribution in [0.5, 0.6) is 11.5 Å². The van der Waals surface area contributed by atoms with Crippen LogP contribution in [0.25, 0.3) is 6.08 Å². The zero-order chi connectivity index (χ0) is 17.4. The number of ether oxygens (including phenoxy) is 2. The normalized spacial score (nSPS) is 18.9. The van der Waals surface area contributed by atoms with Crippen LogP contribution in [0.2, 0.25) is 0 Å². The van der Waals surface area contributed by atoms with E-state index in [4.69, 9.17) is 9.47 Å². The summed E-state index contributed by atoms with van der Waals surface area (Å²) >= 11 is 1.17. The standard InChI is InChI=1S/C18H13FN2O3S/c1-10-6-14-15(24-9-23-14)7-11(10)8-16-17(22)21-18(25-16)20-13-5-3-2-4-12(13)19/h2-8H,9H2,1H3,(H,20,21,22)/b16-8-. The first-order valence-corrected chi connectivity index (χ1v) is 8.36. The van der Waals surface area contributed by atoms with Crippen LogP contribution in [0.4, 0.5) is 10.1 Å². The average Bonchev–Trinajstić information content (AvgIpc) is 3.16. The highest BCUT2D eigenvalue weighted by atomic mass is 32.2. The van der Waals surface area contributed by atoms with Crippen LogP contribution in [0.1, 0.15) is 11.1 Å². The van der Waals surface area contributed by atoms with Gasteiger partial charge in [-0.15, -0.1) is 0 Å². The molecule has 0 radical (unpaired) electrons. The summed E-state index contributed by atoms with van der Waals surface area (Å²) in [6.45, 7) is 2.13. The topological polar surface area (TPSA) is 59.9 Å². The fourth-order valence-electron chi connectivity index (χ4n) is 2.49. The van der Waals surface area contributed by atoms with Gasteiger partial charge in [0.1, 0.15) is 11.5 Å². The maximum absolute atomic E-state index is 13.7. The summed E-state index contributed by atoms with van der Waals surface area (Å²) in [6, 6.07) is 9.88. The lowest BCUT2D eigenvalue weighted by Crippen LogP contribution is -2.19. The Hall–Kier alpha value is -2.80. The molecule has 2 heterocycles. The molecular formula is C18H13FN2O3S. The van der Waals surface area contributed by atoms with Crippen molar-refractivity contribution in [3.8, 4) is 11.5 Å². The van der Waals surface area contributed by atoms with Gasteiger partial charge in [-0.25, -0.2) is 9.38 Å². The highest BCUT2D eigenvalue weighted by Crippen LogP contribution is 2.36. The number of nitrogens with zero attached hydrogens (tertiary/aromatic N) is 1. The van der Waals surface area contributed by atoms with Gasteiger partial charge in [-0.05, 0) is 60.2 Å². The maximum atomic E-state index is 13.7. The summed E-state index contributed by atoms with van der Waals surface area (Å²) < 4.78 is 24.4. The first-order chi connectivity index (χ1) is 12.1. The van der Waals surface area contributed by atoms with Crippen LogP contribution in [-0.2, 0) is 4.79 Å². The van der Waals surface area contributed by atoms with Crippen molar-refractivity contribution in [2.24, 2.45) is 4.99 Å². The number of hydrogen-bond donors (Lipinski definition) is 1. The third-order valence-electron chi connectivity index (χ3n) is 3.77. The van der Waals surface area contributed by atoms with Gasteiger partial charge in [0.2, 0.25) is 6.79 Å². The van der Waals surface area contributed by atoms with Crippen LogP contribution in [0, 0.1) is 12.7 Å². The minimum absolute atomic E-state index is 0.186. The lowest BCUT2D eigenvalue weighted by Gasteiger charge is -2.03. The van der Waals surface area contributed by atoms with Crippen molar-refractivity contribution in [2.75, 3.05) is 6.79 Å². The van der Waals surface area contributed by atoms with Crippen molar-refractivity contribution in [3.63, 3.8) is 0 Å². The van der Waals surface area contributed by atoms with Gasteiger partial charge in [-0.3, -0.25) is 4.79 Å². The lowest BCUT2D eigenvalue weighted by atomic mass is 10.1. The lowest BCUT2D eigenvalue weighted by molar-refractivity contribution is -0.115. The van der Waals surface area contributed by atoms with Gasteiger partial charge in [-0.2, -0.15) is 0 Å². The SMILES string of the molecule is Cc1cc2c(cc1/C=C1\SC(=Nc3ccccc3F)NC1=O)OCO2. The number of benzene rings is 2. The largest absolute Gasteiger partial charge is 0.454 e.